The fourth-order valence-corrected chi connectivity index (χ4v) is 3.85. The zero-order valence-electron chi connectivity index (χ0n) is 15.4. The molecule has 0 aliphatic heterocycles. The lowest BCUT2D eigenvalue weighted by molar-refractivity contribution is -0.140. The fourth-order valence-electron chi connectivity index (χ4n) is 2.69. The van der Waals surface area contributed by atoms with Crippen molar-refractivity contribution in [1.82, 2.24) is 4.57 Å². The predicted molar refractivity (Wildman–Crippen MR) is 104 cm³/mol. The Morgan fingerprint density at radius 3 is 2.70 bits per heavy atom. The summed E-state index contributed by atoms with van der Waals surface area (Å²) < 4.78 is 12.8. The number of fused-ring (bicyclic) bond motifs is 1. The summed E-state index contributed by atoms with van der Waals surface area (Å²) in [6.45, 7) is 2.40. The Labute approximate surface area is 160 Å². The van der Waals surface area contributed by atoms with Crippen molar-refractivity contribution in [3.05, 3.63) is 58.4 Å². The van der Waals surface area contributed by atoms with Crippen LogP contribution in [0, 0.1) is 6.92 Å². The number of benzene rings is 2. The third-order valence-corrected chi connectivity index (χ3v) is 5.16. The molecule has 0 spiro atoms. The van der Waals surface area contributed by atoms with Gasteiger partial charge in [0.05, 0.1) is 30.9 Å². The van der Waals surface area contributed by atoms with Gasteiger partial charge in [0.25, 0.3) is 5.91 Å². The fraction of sp³-hybridized carbons (Fsp3) is 0.250. The van der Waals surface area contributed by atoms with Gasteiger partial charge in [-0.15, -0.1) is 0 Å². The number of ether oxygens (including phenoxy) is 2. The molecule has 1 aromatic heterocycles. The number of esters is 1. The van der Waals surface area contributed by atoms with E-state index >= 15 is 0 Å². The van der Waals surface area contributed by atoms with Gasteiger partial charge in [-0.2, -0.15) is 4.99 Å². The van der Waals surface area contributed by atoms with Crippen molar-refractivity contribution in [2.45, 2.75) is 19.9 Å². The summed E-state index contributed by atoms with van der Waals surface area (Å²) in [5.41, 5.74) is 2.50. The second kappa shape index (κ2) is 8.18. The largest absolute Gasteiger partial charge is 0.497 e. The molecule has 0 atom stereocenters. The first-order chi connectivity index (χ1) is 13.0. The molecule has 0 unspecified atom stereocenters. The number of carbonyl (C=O) groups is 2. The van der Waals surface area contributed by atoms with Crippen molar-refractivity contribution in [2.24, 2.45) is 4.99 Å². The van der Waals surface area contributed by atoms with E-state index in [1.165, 1.54) is 18.4 Å². The predicted octanol–water partition coefficient (Wildman–Crippen LogP) is 3.32. The SMILES string of the molecule is COC(=O)CCn1c(=NC(=O)c2cccc(OC)c2)sc2cc(C)ccc21. The number of hydrogen-bond donors (Lipinski definition) is 0. The highest BCUT2D eigenvalue weighted by molar-refractivity contribution is 7.16. The van der Waals surface area contributed by atoms with Crippen molar-refractivity contribution in [1.29, 1.82) is 0 Å². The van der Waals surface area contributed by atoms with Crippen LogP contribution in [0.5, 0.6) is 5.75 Å². The number of nitrogens with zero attached hydrogens (tertiary/aromatic N) is 2. The summed E-state index contributed by atoms with van der Waals surface area (Å²) in [5.74, 6) is -0.0652. The van der Waals surface area contributed by atoms with E-state index in [2.05, 4.69) is 4.99 Å². The van der Waals surface area contributed by atoms with Crippen molar-refractivity contribution in [3.8, 4) is 5.75 Å². The average molecular weight is 384 g/mol. The van der Waals surface area contributed by atoms with Gasteiger partial charge in [0.15, 0.2) is 4.80 Å². The van der Waals surface area contributed by atoms with Crippen molar-refractivity contribution in [3.63, 3.8) is 0 Å². The number of thiazole rings is 1. The van der Waals surface area contributed by atoms with Crippen LogP contribution in [0.15, 0.2) is 47.5 Å². The molecule has 0 bridgehead atoms. The first-order valence-corrected chi connectivity index (χ1v) is 9.23. The summed E-state index contributed by atoms with van der Waals surface area (Å²) in [5, 5.41) is 0. The van der Waals surface area contributed by atoms with Crippen molar-refractivity contribution in [2.75, 3.05) is 14.2 Å². The van der Waals surface area contributed by atoms with E-state index in [-0.39, 0.29) is 18.3 Å². The van der Waals surface area contributed by atoms with E-state index in [1.807, 2.05) is 29.7 Å². The van der Waals surface area contributed by atoms with Gasteiger partial charge in [-0.3, -0.25) is 9.59 Å². The number of methoxy groups -OCH3 is 2. The molecule has 3 aromatic rings. The summed E-state index contributed by atoms with van der Waals surface area (Å²) in [4.78, 5) is 29.1. The Bertz CT molecular complexity index is 1070. The minimum atomic E-state index is -0.357. The van der Waals surface area contributed by atoms with Crippen molar-refractivity contribution < 1.29 is 19.1 Å². The number of amides is 1. The van der Waals surface area contributed by atoms with Crippen LogP contribution < -0.4 is 9.54 Å². The number of hydrogen-bond acceptors (Lipinski definition) is 5. The zero-order chi connectivity index (χ0) is 19.4. The highest BCUT2D eigenvalue weighted by atomic mass is 32.1. The van der Waals surface area contributed by atoms with Gasteiger partial charge in [-0.05, 0) is 42.8 Å². The summed E-state index contributed by atoms with van der Waals surface area (Å²) in [6, 6.07) is 12.9. The average Bonchev–Trinajstić information content (AvgIpc) is 3.01. The minimum Gasteiger partial charge on any atom is -0.497 e. The first-order valence-electron chi connectivity index (χ1n) is 8.41. The van der Waals surface area contributed by atoms with Crippen LogP contribution in [0.2, 0.25) is 0 Å². The number of rotatable bonds is 5. The van der Waals surface area contributed by atoms with E-state index in [0.717, 1.165) is 15.8 Å². The maximum Gasteiger partial charge on any atom is 0.307 e. The van der Waals surface area contributed by atoms with Gasteiger partial charge in [0, 0.05) is 12.1 Å². The molecule has 27 heavy (non-hydrogen) atoms. The Hall–Kier alpha value is -2.93. The van der Waals surface area contributed by atoms with Gasteiger partial charge in [-0.1, -0.05) is 23.5 Å². The Morgan fingerprint density at radius 2 is 1.96 bits per heavy atom. The molecule has 140 valence electrons. The summed E-state index contributed by atoms with van der Waals surface area (Å²) in [6.07, 6.45) is 0.205. The molecule has 0 aliphatic rings. The molecule has 6 nitrogen and oxygen atoms in total. The summed E-state index contributed by atoms with van der Waals surface area (Å²) >= 11 is 1.42. The third-order valence-electron chi connectivity index (χ3n) is 4.12. The molecule has 3 rings (SSSR count). The maximum atomic E-state index is 12.7. The molecule has 0 radical (unpaired) electrons. The minimum absolute atomic E-state index is 0.205. The first kappa shape index (κ1) is 18.8. The molecule has 0 fully saturated rings. The van der Waals surface area contributed by atoms with Gasteiger partial charge < -0.3 is 14.0 Å². The molecule has 0 aliphatic carbocycles. The number of aromatic nitrogens is 1. The molecule has 1 heterocycles. The quantitative estimate of drug-likeness (QED) is 0.633. The standard InChI is InChI=1S/C20H20N2O4S/c1-13-7-8-16-17(11-13)27-20(22(16)10-9-18(23)26-3)21-19(24)14-5-4-6-15(12-14)25-2/h4-8,11-12H,9-10H2,1-3H3. The van der Waals surface area contributed by atoms with Crippen molar-refractivity contribution >= 4 is 33.4 Å². The molecule has 0 saturated heterocycles. The maximum absolute atomic E-state index is 12.7. The second-order valence-electron chi connectivity index (χ2n) is 5.98. The van der Waals surface area contributed by atoms with Crippen LogP contribution in [-0.4, -0.2) is 30.7 Å². The molecule has 2 aromatic carbocycles. The second-order valence-corrected chi connectivity index (χ2v) is 6.99. The van der Waals surface area contributed by atoms with Gasteiger partial charge in [-0.25, -0.2) is 0 Å². The van der Waals surface area contributed by atoms with E-state index in [0.29, 0.717) is 22.7 Å². The van der Waals surface area contributed by atoms with Gasteiger partial charge >= 0.3 is 5.97 Å². The van der Waals surface area contributed by atoms with E-state index < -0.39 is 0 Å². The van der Waals surface area contributed by atoms with E-state index in [1.54, 1.807) is 31.4 Å². The Kier molecular flexibility index (Phi) is 5.71. The lowest BCUT2D eigenvalue weighted by Gasteiger charge is -2.05. The number of aryl methyl sites for hydroxylation is 2. The van der Waals surface area contributed by atoms with Crippen LogP contribution in [0.1, 0.15) is 22.3 Å². The van der Waals surface area contributed by atoms with Crippen LogP contribution >= 0.6 is 11.3 Å². The zero-order valence-corrected chi connectivity index (χ0v) is 16.2. The van der Waals surface area contributed by atoms with E-state index in [4.69, 9.17) is 9.47 Å². The van der Waals surface area contributed by atoms with Gasteiger partial charge in [0.1, 0.15) is 5.75 Å². The third kappa shape index (κ3) is 4.25. The molecule has 7 heteroatoms. The highest BCUT2D eigenvalue weighted by Crippen LogP contribution is 2.20. The number of carbonyl (C=O) groups excluding carboxylic acids is 2. The van der Waals surface area contributed by atoms with Crippen LogP contribution in [-0.2, 0) is 16.1 Å². The normalized spacial score (nSPS) is 11.6. The lowest BCUT2D eigenvalue weighted by Crippen LogP contribution is -2.19. The lowest BCUT2D eigenvalue weighted by atomic mass is 10.2. The smallest absolute Gasteiger partial charge is 0.307 e. The molecule has 0 saturated carbocycles. The molecule has 0 N–H and O–H groups in total. The Morgan fingerprint density at radius 1 is 1.15 bits per heavy atom. The highest BCUT2D eigenvalue weighted by Gasteiger charge is 2.11. The van der Waals surface area contributed by atoms with Crippen LogP contribution in [0.3, 0.4) is 0 Å². The topological polar surface area (TPSA) is 69.9 Å². The van der Waals surface area contributed by atoms with Crippen LogP contribution in [0.4, 0.5) is 0 Å². The molecular formula is C20H20N2O4S. The molecular weight excluding hydrogens is 364 g/mol. The van der Waals surface area contributed by atoms with Crippen LogP contribution in [0.25, 0.3) is 10.2 Å². The molecule has 1 amide bonds. The van der Waals surface area contributed by atoms with Gasteiger partial charge in [0.2, 0.25) is 0 Å². The monoisotopic (exact) mass is 384 g/mol. The summed E-state index contributed by atoms with van der Waals surface area (Å²) in [7, 11) is 2.91. The Balaban J connectivity index is 2.06. The van der Waals surface area contributed by atoms with E-state index in [9.17, 15) is 9.59 Å².